The number of fused-ring (bicyclic) bond motifs is 1. The normalized spacial score (nSPS) is 17.9. The van der Waals surface area contributed by atoms with Crippen molar-refractivity contribution >= 4 is 23.6 Å². The Labute approximate surface area is 226 Å². The lowest BCUT2D eigenvalue weighted by Crippen LogP contribution is -2.57. The first-order chi connectivity index (χ1) is 17.5. The first-order valence-electron chi connectivity index (χ1n) is 13.2. The maximum atomic E-state index is 5.87. The molecule has 7 nitrogen and oxygen atoms in total. The van der Waals surface area contributed by atoms with Gasteiger partial charge in [-0.15, -0.1) is 12.4 Å². The molecule has 1 aliphatic carbocycles. The lowest BCUT2D eigenvalue weighted by Gasteiger charge is -2.43. The van der Waals surface area contributed by atoms with Crippen LogP contribution < -0.4 is 14.0 Å². The van der Waals surface area contributed by atoms with E-state index >= 15 is 0 Å². The van der Waals surface area contributed by atoms with Gasteiger partial charge in [0.2, 0.25) is 0 Å². The molecule has 0 bridgehead atoms. The number of benzene rings is 1. The Morgan fingerprint density at radius 1 is 1.03 bits per heavy atom. The van der Waals surface area contributed by atoms with Gasteiger partial charge in [0, 0.05) is 25.9 Å². The molecular formula is C29H41ClN3O4+. The van der Waals surface area contributed by atoms with Gasteiger partial charge in [-0.3, -0.25) is 4.48 Å². The number of quaternary nitrogens is 1. The minimum Gasteiger partial charge on any atom is -0.496 e. The standard InChI is InChI=1S/C29H40N3O4.ClH/c1-6-23-29(32(2,18-20-10-11-20)22-12-14-36-15-13-22)25-9-7-8-24(31(25)30-23)28-26(34-4)16-21(19-33-3)17-27(28)35-5;/h7-9,16-17,20,22H,6,10-15,18-19H2,1-5H3;1H/q+1;. The molecule has 1 saturated heterocycles. The molecule has 2 aliphatic rings. The number of nitrogens with zero attached hydrogens (tertiary/aromatic N) is 3. The summed E-state index contributed by atoms with van der Waals surface area (Å²) in [5.41, 5.74) is 6.59. The topological polar surface area (TPSA) is 54.2 Å². The highest BCUT2D eigenvalue weighted by Crippen LogP contribution is 2.45. The fraction of sp³-hybridized carbons (Fsp3) is 0.552. The predicted molar refractivity (Wildman–Crippen MR) is 150 cm³/mol. The van der Waals surface area contributed by atoms with E-state index in [4.69, 9.17) is 24.0 Å². The van der Waals surface area contributed by atoms with Crippen LogP contribution in [0.2, 0.25) is 0 Å². The van der Waals surface area contributed by atoms with Crippen LogP contribution in [0.5, 0.6) is 11.5 Å². The summed E-state index contributed by atoms with van der Waals surface area (Å²) < 4.78 is 25.9. The van der Waals surface area contributed by atoms with Crippen molar-refractivity contribution in [3.05, 3.63) is 41.6 Å². The van der Waals surface area contributed by atoms with Crippen molar-refractivity contribution < 1.29 is 18.9 Å². The molecule has 3 aromatic rings. The van der Waals surface area contributed by atoms with Crippen molar-refractivity contribution in [3.8, 4) is 22.8 Å². The number of hydrogen-bond acceptors (Lipinski definition) is 5. The van der Waals surface area contributed by atoms with Crippen LogP contribution in [0, 0.1) is 5.92 Å². The molecule has 0 spiro atoms. The van der Waals surface area contributed by atoms with Crippen molar-refractivity contribution in [3.63, 3.8) is 0 Å². The molecule has 1 aliphatic heterocycles. The smallest absolute Gasteiger partial charge is 0.182 e. The van der Waals surface area contributed by atoms with Crippen LogP contribution in [0.25, 0.3) is 16.8 Å². The summed E-state index contributed by atoms with van der Waals surface area (Å²) >= 11 is 0. The van der Waals surface area contributed by atoms with Gasteiger partial charge in [0.05, 0.1) is 64.9 Å². The summed E-state index contributed by atoms with van der Waals surface area (Å²) in [7, 11) is 7.55. The van der Waals surface area contributed by atoms with Crippen molar-refractivity contribution in [2.45, 2.75) is 51.7 Å². The molecule has 8 heteroatoms. The van der Waals surface area contributed by atoms with Crippen LogP contribution in [-0.2, 0) is 22.5 Å². The summed E-state index contributed by atoms with van der Waals surface area (Å²) in [6, 6.07) is 11.1. The van der Waals surface area contributed by atoms with E-state index in [2.05, 4.69) is 36.7 Å². The average molecular weight is 531 g/mol. The van der Waals surface area contributed by atoms with Gasteiger partial charge in [-0.25, -0.2) is 4.52 Å². The third kappa shape index (κ3) is 5.19. The second kappa shape index (κ2) is 11.6. The van der Waals surface area contributed by atoms with Gasteiger partial charge in [0.15, 0.2) is 5.69 Å². The number of methoxy groups -OCH3 is 3. The number of halogens is 1. The minimum absolute atomic E-state index is 0. The lowest BCUT2D eigenvalue weighted by molar-refractivity contribution is 0.0436. The number of rotatable bonds is 10. The van der Waals surface area contributed by atoms with E-state index in [0.29, 0.717) is 12.6 Å². The number of ether oxygens (including phenoxy) is 4. The van der Waals surface area contributed by atoms with Crippen LogP contribution in [0.15, 0.2) is 30.3 Å². The van der Waals surface area contributed by atoms with Gasteiger partial charge in [0.1, 0.15) is 22.7 Å². The zero-order valence-electron chi connectivity index (χ0n) is 22.8. The van der Waals surface area contributed by atoms with Gasteiger partial charge < -0.3 is 18.9 Å². The summed E-state index contributed by atoms with van der Waals surface area (Å²) in [5.74, 6) is 2.31. The lowest BCUT2D eigenvalue weighted by atomic mass is 10.0. The minimum atomic E-state index is 0. The monoisotopic (exact) mass is 530 g/mol. The number of pyridine rings is 1. The summed E-state index contributed by atoms with van der Waals surface area (Å²) in [4.78, 5) is 0. The molecule has 0 amide bonds. The molecule has 3 heterocycles. The Bertz CT molecular complexity index is 1190. The molecule has 202 valence electrons. The second-order valence-corrected chi connectivity index (χ2v) is 10.4. The highest BCUT2D eigenvalue weighted by Gasteiger charge is 2.44. The Hall–Kier alpha value is -2.32. The summed E-state index contributed by atoms with van der Waals surface area (Å²) in [6.45, 7) is 5.57. The van der Waals surface area contributed by atoms with Crippen LogP contribution >= 0.6 is 12.4 Å². The van der Waals surface area contributed by atoms with E-state index in [1.165, 1.54) is 36.3 Å². The maximum Gasteiger partial charge on any atom is 0.182 e. The Morgan fingerprint density at radius 2 is 1.70 bits per heavy atom. The molecule has 1 saturated carbocycles. The molecule has 5 rings (SSSR count). The molecule has 37 heavy (non-hydrogen) atoms. The summed E-state index contributed by atoms with van der Waals surface area (Å²) in [5, 5.41) is 5.24. The first kappa shape index (κ1) is 27.7. The maximum absolute atomic E-state index is 5.87. The van der Waals surface area contributed by atoms with Crippen molar-refractivity contribution in [1.82, 2.24) is 14.1 Å². The van der Waals surface area contributed by atoms with E-state index in [0.717, 1.165) is 71.2 Å². The van der Waals surface area contributed by atoms with Gasteiger partial charge in [-0.2, -0.15) is 5.10 Å². The number of hydrogen-bond donors (Lipinski definition) is 0. The van der Waals surface area contributed by atoms with Crippen LogP contribution in [0.4, 0.5) is 5.69 Å². The van der Waals surface area contributed by atoms with Gasteiger partial charge in [0.25, 0.3) is 0 Å². The van der Waals surface area contributed by atoms with Crippen molar-refractivity contribution in [2.75, 3.05) is 48.1 Å². The molecule has 0 radical (unpaired) electrons. The molecule has 2 fully saturated rings. The van der Waals surface area contributed by atoms with E-state index in [1.807, 2.05) is 12.1 Å². The molecule has 2 aromatic heterocycles. The van der Waals surface area contributed by atoms with E-state index in [1.54, 1.807) is 21.3 Å². The number of aryl methyl sites for hydroxylation is 1. The van der Waals surface area contributed by atoms with E-state index in [9.17, 15) is 0 Å². The zero-order valence-corrected chi connectivity index (χ0v) is 23.6. The Kier molecular flexibility index (Phi) is 8.69. The second-order valence-electron chi connectivity index (χ2n) is 10.4. The molecule has 1 atom stereocenters. The van der Waals surface area contributed by atoms with Gasteiger partial charge >= 0.3 is 0 Å². The molecule has 1 unspecified atom stereocenters. The summed E-state index contributed by atoms with van der Waals surface area (Å²) in [6.07, 6.45) is 5.74. The third-order valence-corrected chi connectivity index (χ3v) is 8.01. The number of aromatic nitrogens is 2. The van der Waals surface area contributed by atoms with E-state index in [-0.39, 0.29) is 12.4 Å². The fourth-order valence-corrected chi connectivity index (χ4v) is 6.07. The van der Waals surface area contributed by atoms with Crippen LogP contribution in [-0.4, -0.2) is 63.8 Å². The van der Waals surface area contributed by atoms with Crippen LogP contribution in [0.3, 0.4) is 0 Å². The molecular weight excluding hydrogens is 490 g/mol. The average Bonchev–Trinajstić information content (AvgIpc) is 3.63. The van der Waals surface area contributed by atoms with Crippen molar-refractivity contribution in [2.24, 2.45) is 5.92 Å². The first-order valence-corrected chi connectivity index (χ1v) is 13.2. The van der Waals surface area contributed by atoms with Crippen molar-refractivity contribution in [1.29, 1.82) is 0 Å². The SMILES string of the molecule is CCc1nn2c(-c3c(OC)cc(COC)cc3OC)cccc2c1[N+](C)(CC1CC1)C1CCOCC1.Cl. The van der Waals surface area contributed by atoms with Gasteiger partial charge in [-0.05, 0) is 49.1 Å². The largest absolute Gasteiger partial charge is 0.496 e. The highest BCUT2D eigenvalue weighted by molar-refractivity contribution is 5.85. The molecule has 1 aromatic carbocycles. The third-order valence-electron chi connectivity index (χ3n) is 8.01. The zero-order chi connectivity index (χ0) is 25.3. The predicted octanol–water partition coefficient (Wildman–Crippen LogP) is 5.68. The van der Waals surface area contributed by atoms with E-state index < -0.39 is 0 Å². The van der Waals surface area contributed by atoms with Gasteiger partial charge in [-0.1, -0.05) is 13.0 Å². The molecule has 0 N–H and O–H groups in total. The quantitative estimate of drug-likeness (QED) is 0.316. The Morgan fingerprint density at radius 3 is 2.27 bits per heavy atom. The van der Waals surface area contributed by atoms with Crippen LogP contribution in [0.1, 0.15) is 43.9 Å². The highest BCUT2D eigenvalue weighted by atomic mass is 35.5. The fourth-order valence-electron chi connectivity index (χ4n) is 6.07. The Balaban J connectivity index is 0.00000320.